The van der Waals surface area contributed by atoms with E-state index in [1.54, 1.807) is 18.7 Å². The lowest BCUT2D eigenvalue weighted by Crippen LogP contribution is -2.57. The Hall–Kier alpha value is -2.23. The van der Waals surface area contributed by atoms with Gasteiger partial charge in [0.15, 0.2) is 0 Å². The van der Waals surface area contributed by atoms with Gasteiger partial charge in [0.2, 0.25) is 5.91 Å². The van der Waals surface area contributed by atoms with Crippen LogP contribution < -0.4 is 0 Å². The van der Waals surface area contributed by atoms with Crippen LogP contribution in [0.2, 0.25) is 0 Å². The zero-order chi connectivity index (χ0) is 28.2. The predicted molar refractivity (Wildman–Crippen MR) is 141 cm³/mol. The van der Waals surface area contributed by atoms with Crippen LogP contribution in [0.15, 0.2) is 42.5 Å². The largest absolute Gasteiger partial charge is 0.416 e. The molecule has 1 amide bonds. The molecule has 0 bridgehead atoms. The van der Waals surface area contributed by atoms with Crippen molar-refractivity contribution < 1.29 is 31.9 Å². The Morgan fingerprint density at radius 1 is 0.923 bits per heavy atom. The minimum Gasteiger partial charge on any atom is -0.384 e. The second kappa shape index (κ2) is 11.0. The highest BCUT2D eigenvalue weighted by Crippen LogP contribution is 2.44. The van der Waals surface area contributed by atoms with Crippen LogP contribution >= 0.6 is 12.4 Å². The van der Waals surface area contributed by atoms with E-state index in [9.17, 15) is 31.9 Å². The van der Waals surface area contributed by atoms with Gasteiger partial charge < -0.3 is 10.0 Å². The lowest BCUT2D eigenvalue weighted by atomic mass is 9.70. The van der Waals surface area contributed by atoms with Crippen LogP contribution in [-0.2, 0) is 16.6 Å². The zero-order valence-electron chi connectivity index (χ0n) is 22.7. The van der Waals surface area contributed by atoms with E-state index < -0.39 is 52.6 Å². The van der Waals surface area contributed by atoms with Gasteiger partial charge in [0.1, 0.15) is 11.6 Å². The molecule has 1 N–H and O–H groups in total. The third kappa shape index (κ3) is 5.95. The van der Waals surface area contributed by atoms with E-state index in [4.69, 9.17) is 0 Å². The van der Waals surface area contributed by atoms with Gasteiger partial charge in [0.05, 0.1) is 17.1 Å². The predicted octanol–water partition coefficient (Wildman–Crippen LogP) is 6.22. The molecular formula is C29H36ClF5N2O2. The number of rotatable bonds is 3. The van der Waals surface area contributed by atoms with E-state index in [1.807, 2.05) is 20.8 Å². The number of halogens is 6. The van der Waals surface area contributed by atoms with Gasteiger partial charge in [-0.1, -0.05) is 32.0 Å². The van der Waals surface area contributed by atoms with Crippen molar-refractivity contribution >= 4 is 18.3 Å². The van der Waals surface area contributed by atoms with Crippen LogP contribution in [0.1, 0.15) is 57.2 Å². The van der Waals surface area contributed by atoms with Crippen LogP contribution in [0, 0.1) is 29.4 Å². The summed E-state index contributed by atoms with van der Waals surface area (Å²) in [6.07, 6.45) is -4.48. The number of carbonyl (C=O) groups excluding carboxylic acids is 1. The third-order valence-electron chi connectivity index (χ3n) is 8.43. The first-order chi connectivity index (χ1) is 17.5. The van der Waals surface area contributed by atoms with E-state index in [2.05, 4.69) is 4.90 Å². The Kier molecular flexibility index (Phi) is 8.81. The Bertz CT molecular complexity index is 1170. The molecule has 10 heteroatoms. The van der Waals surface area contributed by atoms with Gasteiger partial charge in [0, 0.05) is 55.5 Å². The summed E-state index contributed by atoms with van der Waals surface area (Å²) in [5, 5.41) is 11.7. The van der Waals surface area contributed by atoms with Gasteiger partial charge in [-0.05, 0) is 50.1 Å². The quantitative estimate of drug-likeness (QED) is 0.443. The van der Waals surface area contributed by atoms with Gasteiger partial charge in [-0.3, -0.25) is 9.69 Å². The van der Waals surface area contributed by atoms with E-state index in [-0.39, 0.29) is 36.9 Å². The highest BCUT2D eigenvalue weighted by molar-refractivity contribution is 5.85. The molecule has 2 aliphatic heterocycles. The summed E-state index contributed by atoms with van der Waals surface area (Å²) < 4.78 is 67.6. The number of hydrogen-bond donors (Lipinski definition) is 1. The number of alkyl halides is 3. The summed E-state index contributed by atoms with van der Waals surface area (Å²) in [7, 11) is 0. The summed E-state index contributed by atoms with van der Waals surface area (Å²) in [6, 6.07) is 7.99. The topological polar surface area (TPSA) is 43.8 Å². The molecule has 0 aliphatic carbocycles. The monoisotopic (exact) mass is 574 g/mol. The third-order valence-corrected chi connectivity index (χ3v) is 8.43. The molecule has 2 fully saturated rings. The molecule has 2 aromatic carbocycles. The van der Waals surface area contributed by atoms with E-state index >= 15 is 0 Å². The molecular weight excluding hydrogens is 539 g/mol. The van der Waals surface area contributed by atoms with Gasteiger partial charge >= 0.3 is 6.18 Å². The molecule has 39 heavy (non-hydrogen) atoms. The SMILES string of the molecule is C[C@@H]1CN(C(=O)[C@@H]2CN(C(C)(C)C)C[C@H]2c2ccc(F)cc2F)C[C@H](C)C1(O)c1ccc(C(F)(F)F)cc1.Cl. The second-order valence-electron chi connectivity index (χ2n) is 11.9. The lowest BCUT2D eigenvalue weighted by molar-refractivity contribution is -0.153. The molecule has 4 nitrogen and oxygen atoms in total. The number of piperidine rings is 1. The first-order valence-electron chi connectivity index (χ1n) is 12.9. The molecule has 0 spiro atoms. The Morgan fingerprint density at radius 2 is 1.49 bits per heavy atom. The van der Waals surface area contributed by atoms with Gasteiger partial charge in [-0.25, -0.2) is 8.78 Å². The average Bonchev–Trinajstić information content (AvgIpc) is 3.27. The molecule has 2 heterocycles. The van der Waals surface area contributed by atoms with Crippen molar-refractivity contribution in [1.82, 2.24) is 9.80 Å². The van der Waals surface area contributed by atoms with Crippen molar-refractivity contribution in [2.75, 3.05) is 26.2 Å². The van der Waals surface area contributed by atoms with Crippen molar-refractivity contribution in [2.45, 2.75) is 57.9 Å². The first kappa shape index (κ1) is 31.3. The maximum absolute atomic E-state index is 14.8. The standard InChI is InChI=1S/C29H35F5N2O2.ClH/c1-17-13-35(14-18(2)28(17,38)19-6-8-20(9-7-19)29(32,33)34)26(37)24-16-36(27(3,4)5)15-23(24)22-11-10-21(30)12-25(22)31;/h6-12,17-18,23-24,38H,13-16H2,1-5H3;1H/t17-,18+,23-,24+,28?;/m0./s1. The van der Waals surface area contributed by atoms with Crippen LogP contribution in [0.4, 0.5) is 22.0 Å². The summed E-state index contributed by atoms with van der Waals surface area (Å²) in [4.78, 5) is 17.7. The van der Waals surface area contributed by atoms with Crippen molar-refractivity contribution in [3.63, 3.8) is 0 Å². The smallest absolute Gasteiger partial charge is 0.384 e. The maximum Gasteiger partial charge on any atom is 0.416 e. The molecule has 2 aliphatic rings. The average molecular weight is 575 g/mol. The molecule has 4 rings (SSSR count). The fourth-order valence-electron chi connectivity index (χ4n) is 6.13. The van der Waals surface area contributed by atoms with Crippen LogP contribution in [0.25, 0.3) is 0 Å². The molecule has 0 aromatic heterocycles. The van der Waals surface area contributed by atoms with Gasteiger partial charge in [-0.15, -0.1) is 12.4 Å². The molecule has 1 unspecified atom stereocenters. The van der Waals surface area contributed by atoms with Gasteiger partial charge in [-0.2, -0.15) is 13.2 Å². The minimum atomic E-state index is -4.48. The Morgan fingerprint density at radius 3 is 1.97 bits per heavy atom. The molecule has 216 valence electrons. The molecule has 2 saturated heterocycles. The molecule has 2 aromatic rings. The molecule has 5 atom stereocenters. The van der Waals surface area contributed by atoms with Crippen molar-refractivity contribution in [2.24, 2.45) is 17.8 Å². The molecule has 0 saturated carbocycles. The highest BCUT2D eigenvalue weighted by atomic mass is 35.5. The number of carbonyl (C=O) groups is 1. The van der Waals surface area contributed by atoms with Crippen molar-refractivity contribution in [3.05, 3.63) is 70.8 Å². The summed E-state index contributed by atoms with van der Waals surface area (Å²) in [5.41, 5.74) is -1.80. The normalized spacial score (nSPS) is 28.3. The first-order valence-corrected chi connectivity index (χ1v) is 12.9. The lowest BCUT2D eigenvalue weighted by Gasteiger charge is -2.48. The second-order valence-corrected chi connectivity index (χ2v) is 11.9. The maximum atomic E-state index is 14.8. The number of aliphatic hydroxyl groups is 1. The number of benzene rings is 2. The van der Waals surface area contributed by atoms with Crippen molar-refractivity contribution in [3.8, 4) is 0 Å². The fraction of sp³-hybridized carbons (Fsp3) is 0.552. The number of likely N-dealkylation sites (tertiary alicyclic amines) is 2. The Balaban J connectivity index is 0.00000420. The Labute approximate surface area is 232 Å². The number of hydrogen-bond acceptors (Lipinski definition) is 3. The molecule has 0 radical (unpaired) electrons. The summed E-state index contributed by atoms with van der Waals surface area (Å²) in [5.74, 6) is -3.49. The van der Waals surface area contributed by atoms with E-state index in [1.165, 1.54) is 24.3 Å². The van der Waals surface area contributed by atoms with Crippen LogP contribution in [0.3, 0.4) is 0 Å². The van der Waals surface area contributed by atoms with Crippen LogP contribution in [0.5, 0.6) is 0 Å². The number of amides is 1. The minimum absolute atomic E-state index is 0. The summed E-state index contributed by atoms with van der Waals surface area (Å²) >= 11 is 0. The fourth-order valence-corrected chi connectivity index (χ4v) is 6.13. The van der Waals surface area contributed by atoms with E-state index in [0.717, 1.165) is 18.2 Å². The zero-order valence-corrected chi connectivity index (χ0v) is 23.5. The van der Waals surface area contributed by atoms with E-state index in [0.29, 0.717) is 24.2 Å². The van der Waals surface area contributed by atoms with Crippen molar-refractivity contribution in [1.29, 1.82) is 0 Å². The van der Waals surface area contributed by atoms with Gasteiger partial charge in [0.25, 0.3) is 0 Å². The number of nitrogens with zero attached hydrogens (tertiary/aromatic N) is 2. The summed E-state index contributed by atoms with van der Waals surface area (Å²) in [6.45, 7) is 10.9. The van der Waals surface area contributed by atoms with Crippen LogP contribution in [-0.4, -0.2) is 52.5 Å². The highest BCUT2D eigenvalue weighted by Gasteiger charge is 2.50.